The Morgan fingerprint density at radius 1 is 1.00 bits per heavy atom. The van der Waals surface area contributed by atoms with Gasteiger partial charge in [-0.1, -0.05) is 42.5 Å². The molecule has 188 valence electrons. The number of carbonyl (C=O) groups excluding carboxylic acids is 2. The molecule has 36 heavy (non-hydrogen) atoms. The summed E-state index contributed by atoms with van der Waals surface area (Å²) in [7, 11) is 0. The summed E-state index contributed by atoms with van der Waals surface area (Å²) in [6, 6.07) is 17.1. The Morgan fingerprint density at radius 2 is 1.67 bits per heavy atom. The number of aromatic nitrogens is 1. The van der Waals surface area contributed by atoms with Crippen LogP contribution in [0.5, 0.6) is 0 Å². The van der Waals surface area contributed by atoms with Crippen LogP contribution in [0.15, 0.2) is 54.7 Å². The number of fused-ring (bicyclic) bond motifs is 2. The van der Waals surface area contributed by atoms with E-state index in [0.717, 1.165) is 51.6 Å². The van der Waals surface area contributed by atoms with Gasteiger partial charge in [-0.15, -0.1) is 0 Å². The van der Waals surface area contributed by atoms with E-state index in [0.29, 0.717) is 12.6 Å². The Balaban J connectivity index is 1.12. The van der Waals surface area contributed by atoms with E-state index in [9.17, 15) is 9.59 Å². The van der Waals surface area contributed by atoms with Gasteiger partial charge in [0, 0.05) is 48.8 Å². The highest BCUT2D eigenvalue weighted by molar-refractivity contribution is 6.07. The number of H-pyrrole nitrogens is 1. The number of nitrogens with one attached hydrogen (secondary N) is 1. The van der Waals surface area contributed by atoms with E-state index in [2.05, 4.69) is 59.4 Å². The molecule has 1 aliphatic carbocycles. The molecule has 6 nitrogen and oxygen atoms in total. The number of benzene rings is 2. The molecule has 2 fully saturated rings. The number of piperidine rings is 1. The van der Waals surface area contributed by atoms with Crippen molar-refractivity contribution < 1.29 is 9.59 Å². The largest absolute Gasteiger partial charge is 0.361 e. The van der Waals surface area contributed by atoms with E-state index in [1.54, 1.807) is 4.90 Å². The zero-order valence-electron chi connectivity index (χ0n) is 21.4. The smallest absolute Gasteiger partial charge is 0.327 e. The molecule has 0 bridgehead atoms. The van der Waals surface area contributed by atoms with Crippen molar-refractivity contribution in [3.63, 3.8) is 0 Å². The number of imide groups is 1. The Hall–Kier alpha value is -3.12. The molecule has 3 heterocycles. The van der Waals surface area contributed by atoms with Crippen molar-refractivity contribution in [1.82, 2.24) is 19.7 Å². The molecular weight excluding hydrogens is 448 g/mol. The second-order valence-electron chi connectivity index (χ2n) is 10.8. The molecule has 1 N–H and O–H groups in total. The fourth-order valence-corrected chi connectivity index (χ4v) is 6.92. The Morgan fingerprint density at radius 3 is 2.36 bits per heavy atom. The van der Waals surface area contributed by atoms with E-state index >= 15 is 0 Å². The van der Waals surface area contributed by atoms with Gasteiger partial charge in [-0.3, -0.25) is 9.69 Å². The van der Waals surface area contributed by atoms with Crippen LogP contribution in [0.2, 0.25) is 0 Å². The molecule has 1 atom stereocenters. The van der Waals surface area contributed by atoms with Crippen molar-refractivity contribution in [2.45, 2.75) is 70.0 Å². The predicted octanol–water partition coefficient (Wildman–Crippen LogP) is 4.78. The van der Waals surface area contributed by atoms with Crippen LogP contribution >= 0.6 is 0 Å². The fourth-order valence-electron chi connectivity index (χ4n) is 6.92. The zero-order chi connectivity index (χ0) is 24.9. The average Bonchev–Trinajstić information content (AvgIpc) is 3.56. The summed E-state index contributed by atoms with van der Waals surface area (Å²) in [5, 5.41) is 1.31. The van der Waals surface area contributed by atoms with Gasteiger partial charge in [-0.05, 0) is 75.1 Å². The van der Waals surface area contributed by atoms with Crippen LogP contribution in [0, 0.1) is 0 Å². The Bertz CT molecular complexity index is 1260. The molecule has 0 radical (unpaired) electrons. The number of para-hydroxylation sites is 1. The molecule has 0 saturated carbocycles. The second-order valence-corrected chi connectivity index (χ2v) is 10.8. The number of rotatable bonds is 6. The van der Waals surface area contributed by atoms with Crippen LogP contribution in [0.3, 0.4) is 0 Å². The van der Waals surface area contributed by atoms with Crippen LogP contribution in [0.1, 0.15) is 49.8 Å². The number of carbonyl (C=O) groups is 2. The number of likely N-dealkylation sites (tertiary alicyclic amines) is 1. The third-order valence-electron chi connectivity index (χ3n) is 9.04. The number of urea groups is 1. The zero-order valence-corrected chi connectivity index (χ0v) is 21.4. The van der Waals surface area contributed by atoms with E-state index in [-0.39, 0.29) is 18.0 Å². The lowest BCUT2D eigenvalue weighted by molar-refractivity contribution is -0.137. The molecule has 3 aliphatic rings. The lowest BCUT2D eigenvalue weighted by Gasteiger charge is -2.43. The molecule has 2 aromatic carbocycles. The highest BCUT2D eigenvalue weighted by atomic mass is 16.2. The summed E-state index contributed by atoms with van der Waals surface area (Å²) < 4.78 is 0. The summed E-state index contributed by atoms with van der Waals surface area (Å²) >= 11 is 0. The highest BCUT2D eigenvalue weighted by Gasteiger charge is 2.59. The SMILES string of the molecule is CCN1C(=O)N(C2Cc3ccccc3C2)C(=O)C12CCN([C@@H](C)CCc1c[nH]c3ccccc13)CC2. The normalized spacial score (nSPS) is 21.2. The summed E-state index contributed by atoms with van der Waals surface area (Å²) in [5.74, 6) is 0.0400. The molecule has 1 aromatic heterocycles. The van der Waals surface area contributed by atoms with Crippen LogP contribution in [-0.2, 0) is 24.1 Å². The van der Waals surface area contributed by atoms with Crippen molar-refractivity contribution in [3.05, 3.63) is 71.4 Å². The quantitative estimate of drug-likeness (QED) is 0.513. The first-order valence-electron chi connectivity index (χ1n) is 13.5. The number of amides is 3. The number of nitrogens with zero attached hydrogens (tertiary/aromatic N) is 3. The van der Waals surface area contributed by atoms with E-state index in [1.807, 2.05) is 24.0 Å². The molecule has 2 aliphatic heterocycles. The Labute approximate surface area is 213 Å². The van der Waals surface area contributed by atoms with Gasteiger partial charge in [0.15, 0.2) is 0 Å². The minimum atomic E-state index is -0.673. The Kier molecular flexibility index (Phi) is 5.87. The van der Waals surface area contributed by atoms with E-state index in [1.165, 1.54) is 27.6 Å². The fraction of sp³-hybridized carbons (Fsp3) is 0.467. The number of likely N-dealkylation sites (N-methyl/N-ethyl adjacent to an activating group) is 1. The first-order chi connectivity index (χ1) is 17.5. The van der Waals surface area contributed by atoms with Gasteiger partial charge < -0.3 is 14.8 Å². The van der Waals surface area contributed by atoms with Gasteiger partial charge in [-0.25, -0.2) is 4.79 Å². The molecule has 3 aromatic rings. The number of hydrogen-bond donors (Lipinski definition) is 1. The monoisotopic (exact) mass is 484 g/mol. The number of hydrogen-bond acceptors (Lipinski definition) is 3. The molecule has 2 saturated heterocycles. The van der Waals surface area contributed by atoms with Gasteiger partial charge in [0.05, 0.1) is 0 Å². The molecule has 6 heteroatoms. The summed E-state index contributed by atoms with van der Waals surface area (Å²) in [6.45, 7) is 6.59. The highest BCUT2D eigenvalue weighted by Crippen LogP contribution is 2.40. The minimum Gasteiger partial charge on any atom is -0.361 e. The molecule has 1 spiro atoms. The molecular formula is C30H36N4O2. The van der Waals surface area contributed by atoms with Gasteiger partial charge in [0.1, 0.15) is 5.54 Å². The number of aryl methyl sites for hydroxylation is 1. The van der Waals surface area contributed by atoms with E-state index in [4.69, 9.17) is 0 Å². The minimum absolute atomic E-state index is 0.0400. The average molecular weight is 485 g/mol. The number of aromatic amines is 1. The van der Waals surface area contributed by atoms with Crippen LogP contribution in [0.4, 0.5) is 4.79 Å². The maximum absolute atomic E-state index is 13.9. The maximum atomic E-state index is 13.9. The third kappa shape index (κ3) is 3.65. The predicted molar refractivity (Wildman–Crippen MR) is 142 cm³/mol. The molecule has 0 unspecified atom stereocenters. The van der Waals surface area contributed by atoms with Gasteiger partial charge in [0.25, 0.3) is 5.91 Å². The summed E-state index contributed by atoms with van der Waals surface area (Å²) in [4.78, 5) is 36.9. The standard InChI is InChI=1S/C30H36N4O2/c1-3-33-29(36)34(25-18-22-8-4-5-9-23(22)19-25)28(35)30(33)14-16-32(17-15-30)21(2)12-13-24-20-31-27-11-7-6-10-26(24)27/h4-11,20-21,25,31H,3,12-19H2,1-2H3/t21-/m0/s1. The maximum Gasteiger partial charge on any atom is 0.327 e. The summed E-state index contributed by atoms with van der Waals surface area (Å²) in [6.07, 6.45) is 7.24. The van der Waals surface area contributed by atoms with Gasteiger partial charge in [-0.2, -0.15) is 0 Å². The van der Waals surface area contributed by atoms with Crippen LogP contribution in [0.25, 0.3) is 10.9 Å². The van der Waals surface area contributed by atoms with E-state index < -0.39 is 5.54 Å². The van der Waals surface area contributed by atoms with Crippen molar-refractivity contribution in [2.75, 3.05) is 19.6 Å². The second kappa shape index (κ2) is 9.07. The summed E-state index contributed by atoms with van der Waals surface area (Å²) in [5.41, 5.74) is 4.43. The lowest BCUT2D eigenvalue weighted by atomic mass is 9.84. The molecule has 6 rings (SSSR count). The third-order valence-corrected chi connectivity index (χ3v) is 9.04. The first kappa shape index (κ1) is 23.3. The van der Waals surface area contributed by atoms with Crippen molar-refractivity contribution in [2.24, 2.45) is 0 Å². The van der Waals surface area contributed by atoms with Gasteiger partial charge >= 0.3 is 6.03 Å². The van der Waals surface area contributed by atoms with Crippen molar-refractivity contribution >= 4 is 22.8 Å². The van der Waals surface area contributed by atoms with Crippen molar-refractivity contribution in [3.8, 4) is 0 Å². The molecule has 3 amide bonds. The van der Waals surface area contributed by atoms with Crippen LogP contribution in [-0.4, -0.2) is 68.9 Å². The lowest BCUT2D eigenvalue weighted by Crippen LogP contribution is -2.57. The van der Waals surface area contributed by atoms with Gasteiger partial charge in [0.2, 0.25) is 0 Å². The van der Waals surface area contributed by atoms with Crippen molar-refractivity contribution in [1.29, 1.82) is 0 Å². The topological polar surface area (TPSA) is 59.7 Å². The first-order valence-corrected chi connectivity index (χ1v) is 13.5. The van der Waals surface area contributed by atoms with Crippen LogP contribution < -0.4 is 0 Å².